The topological polar surface area (TPSA) is 112 Å². The lowest BCUT2D eigenvalue weighted by Gasteiger charge is -2.19. The highest BCUT2D eigenvalue weighted by atomic mass is 32.2. The third-order valence-corrected chi connectivity index (χ3v) is 3.97. The Hall–Kier alpha value is -1.51. The minimum absolute atomic E-state index is 0.120. The first-order chi connectivity index (χ1) is 7.67. The van der Waals surface area contributed by atoms with E-state index in [-0.39, 0.29) is 11.3 Å². The summed E-state index contributed by atoms with van der Waals surface area (Å²) in [6.07, 6.45) is 1.69. The molecule has 0 aromatic carbocycles. The molecule has 1 atom stereocenters. The van der Waals surface area contributed by atoms with Crippen LogP contribution < -0.4 is 0 Å². The van der Waals surface area contributed by atoms with E-state index in [1.807, 2.05) is 0 Å². The maximum absolute atomic E-state index is 11.2. The number of aliphatic hydroxyl groups is 1. The van der Waals surface area contributed by atoms with Gasteiger partial charge in [-0.1, -0.05) is 0 Å². The summed E-state index contributed by atoms with van der Waals surface area (Å²) in [7, 11) is -3.37. The van der Waals surface area contributed by atoms with Gasteiger partial charge in [0.05, 0.1) is 6.54 Å². The highest BCUT2D eigenvalue weighted by molar-refractivity contribution is 7.87. The summed E-state index contributed by atoms with van der Waals surface area (Å²) in [6.45, 7) is -0.440. The van der Waals surface area contributed by atoms with E-state index in [0.717, 1.165) is 12.2 Å². The van der Waals surface area contributed by atoms with Crippen molar-refractivity contribution in [3.63, 3.8) is 0 Å². The minimum atomic E-state index is -4.81. The molecule has 7 nitrogen and oxygen atoms in total. The number of carbonyl (C=O) groups is 2. The Balaban J connectivity index is 2.66. The van der Waals surface area contributed by atoms with Gasteiger partial charge in [0, 0.05) is 24.4 Å². The van der Waals surface area contributed by atoms with Crippen LogP contribution in [0.1, 0.15) is 0 Å². The molecule has 1 aliphatic heterocycles. The average Bonchev–Trinajstić information content (AvgIpc) is 2.41. The van der Waals surface area contributed by atoms with Crippen molar-refractivity contribution in [1.29, 1.82) is 0 Å². The van der Waals surface area contributed by atoms with Gasteiger partial charge in [0.15, 0.2) is 0 Å². The van der Waals surface area contributed by atoms with Crippen LogP contribution in [0.2, 0.25) is 0 Å². The molecule has 0 aromatic heterocycles. The second-order valence-electron chi connectivity index (χ2n) is 3.93. The lowest BCUT2D eigenvalue weighted by molar-refractivity contribution is -0.131. The number of likely N-dealkylation sites (tertiary alicyclic amines) is 1. The maximum atomic E-state index is 11.2. The van der Waals surface area contributed by atoms with Gasteiger partial charge in [0.2, 0.25) is 16.5 Å². The van der Waals surface area contributed by atoms with Gasteiger partial charge < -0.3 is 10.0 Å². The Bertz CT molecular complexity index is 587. The highest BCUT2D eigenvalue weighted by Gasteiger charge is 2.54. The molecule has 2 rings (SSSR count). The summed E-state index contributed by atoms with van der Waals surface area (Å²) in [4.78, 5) is 21.0. The minimum Gasteiger partial charge on any atom is -0.370 e. The Morgan fingerprint density at radius 1 is 1.29 bits per heavy atom. The largest absolute Gasteiger partial charge is 0.370 e. The zero-order valence-electron chi connectivity index (χ0n) is 8.74. The van der Waals surface area contributed by atoms with E-state index in [0.29, 0.717) is 0 Å². The molecule has 0 bridgehead atoms. The SMILES string of the molecule is CN1C[C@](O)(S(=O)(=O)O)C2=CC(=O)C(=O)C=C21. The van der Waals surface area contributed by atoms with Gasteiger partial charge in [-0.3, -0.25) is 14.1 Å². The molecule has 1 fully saturated rings. The van der Waals surface area contributed by atoms with Gasteiger partial charge in [0.1, 0.15) is 0 Å². The zero-order chi connectivity index (χ0) is 13.0. The van der Waals surface area contributed by atoms with Crippen LogP contribution in [-0.2, 0) is 19.7 Å². The van der Waals surface area contributed by atoms with Gasteiger partial charge in [-0.2, -0.15) is 8.42 Å². The molecule has 1 saturated heterocycles. The Kier molecular flexibility index (Phi) is 2.29. The number of hydrogen-bond donors (Lipinski definition) is 2. The highest BCUT2D eigenvalue weighted by Crippen LogP contribution is 2.39. The number of likely N-dealkylation sites (N-methyl/N-ethyl adjacent to an activating group) is 1. The summed E-state index contributed by atoms with van der Waals surface area (Å²) in [5.41, 5.74) is -0.151. The van der Waals surface area contributed by atoms with E-state index in [2.05, 4.69) is 0 Å². The first-order valence-corrected chi connectivity index (χ1v) is 6.04. The quantitative estimate of drug-likeness (QED) is 0.334. The van der Waals surface area contributed by atoms with Crippen LogP contribution in [0.3, 0.4) is 0 Å². The molecular weight excluding hydrogens is 250 g/mol. The lowest BCUT2D eigenvalue weighted by atomic mass is 10.00. The number of fused-ring (bicyclic) bond motifs is 1. The van der Waals surface area contributed by atoms with Crippen LogP contribution in [-0.4, -0.2) is 53.1 Å². The van der Waals surface area contributed by atoms with Gasteiger partial charge in [-0.15, -0.1) is 0 Å². The zero-order valence-corrected chi connectivity index (χ0v) is 9.56. The molecular formula is C9H9NO6S. The first kappa shape index (κ1) is 12.0. The normalized spacial score (nSPS) is 29.0. The fraction of sp³-hybridized carbons (Fsp3) is 0.333. The molecule has 2 aliphatic rings. The lowest BCUT2D eigenvalue weighted by Crippen LogP contribution is -2.42. The van der Waals surface area contributed by atoms with Crippen LogP contribution in [0.4, 0.5) is 0 Å². The van der Waals surface area contributed by atoms with Crippen molar-refractivity contribution >= 4 is 21.7 Å². The molecule has 8 heteroatoms. The third-order valence-electron chi connectivity index (χ3n) is 2.77. The number of ketones is 2. The summed E-state index contributed by atoms with van der Waals surface area (Å²) >= 11 is 0. The van der Waals surface area contributed by atoms with Crippen molar-refractivity contribution in [2.75, 3.05) is 13.6 Å². The fourth-order valence-electron chi connectivity index (χ4n) is 1.89. The van der Waals surface area contributed by atoms with Gasteiger partial charge in [-0.25, -0.2) is 0 Å². The molecule has 1 aliphatic carbocycles. The summed E-state index contributed by atoms with van der Waals surface area (Å²) in [5.74, 6) is -1.73. The van der Waals surface area contributed by atoms with Crippen molar-refractivity contribution < 1.29 is 27.7 Å². The van der Waals surface area contributed by atoms with Crippen molar-refractivity contribution in [3.8, 4) is 0 Å². The fourth-order valence-corrected chi connectivity index (χ4v) is 2.69. The molecule has 17 heavy (non-hydrogen) atoms. The van der Waals surface area contributed by atoms with Crippen molar-refractivity contribution in [2.24, 2.45) is 0 Å². The number of carbonyl (C=O) groups excluding carboxylic acids is 2. The van der Waals surface area contributed by atoms with E-state index in [1.54, 1.807) is 0 Å². The second kappa shape index (κ2) is 3.25. The van der Waals surface area contributed by atoms with Gasteiger partial charge in [-0.05, 0) is 6.08 Å². The van der Waals surface area contributed by atoms with E-state index in [9.17, 15) is 23.1 Å². The number of hydrogen-bond acceptors (Lipinski definition) is 6. The van der Waals surface area contributed by atoms with E-state index < -0.39 is 33.2 Å². The van der Waals surface area contributed by atoms with Crippen molar-refractivity contribution in [3.05, 3.63) is 23.4 Å². The van der Waals surface area contributed by atoms with Crippen LogP contribution in [0.25, 0.3) is 0 Å². The number of β-amino-alcohol motifs (C(OH)–C–C–N with tert-alkyl or cyclic N) is 1. The number of allylic oxidation sites excluding steroid dienone is 2. The molecule has 0 saturated carbocycles. The Labute approximate surface area is 96.8 Å². The van der Waals surface area contributed by atoms with Crippen LogP contribution >= 0.6 is 0 Å². The van der Waals surface area contributed by atoms with E-state index in [4.69, 9.17) is 4.55 Å². The van der Waals surface area contributed by atoms with Crippen LogP contribution in [0.5, 0.6) is 0 Å². The Morgan fingerprint density at radius 2 is 1.82 bits per heavy atom. The number of nitrogens with zero attached hydrogens (tertiary/aromatic N) is 1. The average molecular weight is 259 g/mol. The predicted molar refractivity (Wildman–Crippen MR) is 55.3 cm³/mol. The molecule has 0 aromatic rings. The predicted octanol–water partition coefficient (Wildman–Crippen LogP) is -1.53. The summed E-state index contributed by atoms with van der Waals surface area (Å²) in [6, 6.07) is 0. The summed E-state index contributed by atoms with van der Waals surface area (Å²) in [5, 5.41) is 9.95. The van der Waals surface area contributed by atoms with Crippen LogP contribution in [0, 0.1) is 0 Å². The molecule has 1 heterocycles. The third kappa shape index (κ3) is 1.53. The van der Waals surface area contributed by atoms with Crippen LogP contribution in [0.15, 0.2) is 23.4 Å². The number of rotatable bonds is 1. The van der Waals surface area contributed by atoms with E-state index >= 15 is 0 Å². The standard InChI is InChI=1S/C9H9NO6S/c1-10-4-9(13,17(14,15)16)5-2-7(11)8(12)3-6(5)10/h2-3,13H,4H2,1H3,(H,14,15,16)/t9-/m0/s1. The van der Waals surface area contributed by atoms with Crippen molar-refractivity contribution in [1.82, 2.24) is 4.90 Å². The van der Waals surface area contributed by atoms with Gasteiger partial charge in [0.25, 0.3) is 0 Å². The first-order valence-electron chi connectivity index (χ1n) is 4.60. The Morgan fingerprint density at radius 3 is 2.35 bits per heavy atom. The van der Waals surface area contributed by atoms with Crippen molar-refractivity contribution in [2.45, 2.75) is 4.93 Å². The van der Waals surface area contributed by atoms with Gasteiger partial charge >= 0.3 is 10.1 Å². The molecule has 2 N–H and O–H groups in total. The molecule has 0 radical (unpaired) electrons. The molecule has 0 amide bonds. The smallest absolute Gasteiger partial charge is 0.301 e. The monoisotopic (exact) mass is 259 g/mol. The molecule has 92 valence electrons. The second-order valence-corrected chi connectivity index (χ2v) is 5.56. The maximum Gasteiger partial charge on any atom is 0.301 e. The van der Waals surface area contributed by atoms with E-state index in [1.165, 1.54) is 11.9 Å². The summed E-state index contributed by atoms with van der Waals surface area (Å²) < 4.78 is 31.3. The molecule has 0 spiro atoms. The molecule has 0 unspecified atom stereocenters.